The summed E-state index contributed by atoms with van der Waals surface area (Å²) in [6.45, 7) is 0.843. The van der Waals surface area contributed by atoms with Crippen molar-refractivity contribution in [1.82, 2.24) is 15.1 Å². The molecular formula is C15H17N3O2S. The quantitative estimate of drug-likeness (QED) is 0.901. The minimum atomic E-state index is -0.0808. The van der Waals surface area contributed by atoms with Crippen molar-refractivity contribution in [3.05, 3.63) is 50.1 Å². The molecular weight excluding hydrogens is 286 g/mol. The van der Waals surface area contributed by atoms with Crippen LogP contribution in [0.4, 0.5) is 0 Å². The van der Waals surface area contributed by atoms with E-state index in [2.05, 4.69) is 10.4 Å². The van der Waals surface area contributed by atoms with E-state index in [0.717, 1.165) is 36.1 Å². The number of hydrogen-bond acceptors (Lipinski definition) is 4. The van der Waals surface area contributed by atoms with E-state index >= 15 is 0 Å². The summed E-state index contributed by atoms with van der Waals surface area (Å²) in [5.41, 5.74) is 3.05. The number of nitrogens with one attached hydrogen (secondary N) is 1. The van der Waals surface area contributed by atoms with Gasteiger partial charge in [0.1, 0.15) is 0 Å². The normalized spacial score (nSPS) is 13.1. The number of hydrogen-bond donors (Lipinski definition) is 1. The van der Waals surface area contributed by atoms with Crippen LogP contribution in [0.1, 0.15) is 23.2 Å². The molecule has 0 saturated carbocycles. The Balaban J connectivity index is 1.54. The Morgan fingerprint density at radius 1 is 1.43 bits per heavy atom. The number of nitrogens with zero attached hydrogens (tertiary/aromatic N) is 2. The van der Waals surface area contributed by atoms with Gasteiger partial charge in [-0.05, 0) is 47.2 Å². The molecule has 0 fully saturated rings. The van der Waals surface area contributed by atoms with Gasteiger partial charge < -0.3 is 5.32 Å². The Hall–Kier alpha value is -1.95. The van der Waals surface area contributed by atoms with E-state index in [1.54, 1.807) is 17.4 Å². The first-order valence-corrected chi connectivity index (χ1v) is 8.04. The molecule has 1 amide bonds. The Bertz CT molecular complexity index is 691. The highest BCUT2D eigenvalue weighted by atomic mass is 32.1. The van der Waals surface area contributed by atoms with Crippen LogP contribution in [0.3, 0.4) is 0 Å². The first kappa shape index (κ1) is 14.0. The summed E-state index contributed by atoms with van der Waals surface area (Å²) >= 11 is 1.58. The highest BCUT2D eigenvalue weighted by Gasteiger charge is 2.14. The van der Waals surface area contributed by atoms with Gasteiger partial charge in [-0.1, -0.05) is 0 Å². The molecule has 0 atom stereocenters. The van der Waals surface area contributed by atoms with Crippen molar-refractivity contribution < 1.29 is 4.79 Å². The third-order valence-corrected chi connectivity index (χ3v) is 4.35. The number of carbonyl (C=O) groups is 1. The lowest BCUT2D eigenvalue weighted by Crippen LogP contribution is -2.33. The van der Waals surface area contributed by atoms with Crippen molar-refractivity contribution in [3.8, 4) is 0 Å². The van der Waals surface area contributed by atoms with E-state index in [-0.39, 0.29) is 11.5 Å². The van der Waals surface area contributed by atoms with Crippen LogP contribution in [0.2, 0.25) is 0 Å². The van der Waals surface area contributed by atoms with Gasteiger partial charge in [-0.15, -0.1) is 0 Å². The van der Waals surface area contributed by atoms with Gasteiger partial charge in [0, 0.05) is 12.6 Å². The van der Waals surface area contributed by atoms with Gasteiger partial charge in [0.25, 0.3) is 5.56 Å². The van der Waals surface area contributed by atoms with Crippen molar-refractivity contribution in [2.45, 2.75) is 32.2 Å². The van der Waals surface area contributed by atoms with Crippen molar-refractivity contribution in [3.63, 3.8) is 0 Å². The van der Waals surface area contributed by atoms with E-state index < -0.39 is 0 Å². The number of fused-ring (bicyclic) bond motifs is 1. The summed E-state index contributed by atoms with van der Waals surface area (Å²) in [5.74, 6) is -0.0254. The molecule has 21 heavy (non-hydrogen) atoms. The molecule has 5 nitrogen and oxygen atoms in total. The Morgan fingerprint density at radius 2 is 2.33 bits per heavy atom. The molecule has 1 N–H and O–H groups in total. The SMILES string of the molecule is O=C(Cc1ccsc1)NCCn1nc2c(cc1=O)CCC2. The average Bonchev–Trinajstić information content (AvgIpc) is 3.10. The van der Waals surface area contributed by atoms with E-state index in [1.807, 2.05) is 16.8 Å². The van der Waals surface area contributed by atoms with E-state index in [0.29, 0.717) is 19.5 Å². The van der Waals surface area contributed by atoms with Crippen LogP contribution in [0.15, 0.2) is 27.7 Å². The molecule has 2 aromatic heterocycles. The minimum Gasteiger partial charge on any atom is -0.354 e. The van der Waals surface area contributed by atoms with Crippen LogP contribution < -0.4 is 10.9 Å². The topological polar surface area (TPSA) is 64.0 Å². The van der Waals surface area contributed by atoms with E-state index in [9.17, 15) is 9.59 Å². The molecule has 0 bridgehead atoms. The largest absolute Gasteiger partial charge is 0.354 e. The predicted octanol–water partition coefficient (Wildman–Crippen LogP) is 1.15. The summed E-state index contributed by atoms with van der Waals surface area (Å²) in [7, 11) is 0. The average molecular weight is 303 g/mol. The highest BCUT2D eigenvalue weighted by Crippen LogP contribution is 2.16. The summed E-state index contributed by atoms with van der Waals surface area (Å²) in [6.07, 6.45) is 3.36. The van der Waals surface area contributed by atoms with Crippen LogP contribution in [0.5, 0.6) is 0 Å². The van der Waals surface area contributed by atoms with Gasteiger partial charge in [-0.25, -0.2) is 4.68 Å². The molecule has 6 heteroatoms. The Morgan fingerprint density at radius 3 is 3.14 bits per heavy atom. The Labute approximate surface area is 126 Å². The monoisotopic (exact) mass is 303 g/mol. The second-order valence-corrected chi connectivity index (χ2v) is 5.97. The maximum atomic E-state index is 11.9. The van der Waals surface area contributed by atoms with Crippen LogP contribution in [0.25, 0.3) is 0 Å². The van der Waals surface area contributed by atoms with Gasteiger partial charge in [0.15, 0.2) is 0 Å². The van der Waals surface area contributed by atoms with Crippen molar-refractivity contribution >= 4 is 17.2 Å². The molecule has 0 aliphatic heterocycles. The molecule has 0 spiro atoms. The molecule has 0 aromatic carbocycles. The van der Waals surface area contributed by atoms with Crippen LogP contribution in [-0.4, -0.2) is 22.2 Å². The van der Waals surface area contributed by atoms with Crippen LogP contribution in [-0.2, 0) is 30.6 Å². The first-order chi connectivity index (χ1) is 10.2. The number of amides is 1. The maximum absolute atomic E-state index is 11.9. The third-order valence-electron chi connectivity index (χ3n) is 3.61. The first-order valence-electron chi connectivity index (χ1n) is 7.10. The lowest BCUT2D eigenvalue weighted by atomic mass is 10.2. The number of rotatable bonds is 5. The second kappa shape index (κ2) is 6.22. The number of aromatic nitrogens is 2. The number of carbonyl (C=O) groups excluding carboxylic acids is 1. The zero-order valence-corrected chi connectivity index (χ0v) is 12.5. The lowest BCUT2D eigenvalue weighted by molar-refractivity contribution is -0.120. The Kier molecular flexibility index (Phi) is 4.15. The van der Waals surface area contributed by atoms with Gasteiger partial charge >= 0.3 is 0 Å². The van der Waals surface area contributed by atoms with Crippen LogP contribution >= 0.6 is 11.3 Å². The van der Waals surface area contributed by atoms with E-state index in [1.165, 1.54) is 4.68 Å². The van der Waals surface area contributed by atoms with E-state index in [4.69, 9.17) is 0 Å². The van der Waals surface area contributed by atoms with Gasteiger partial charge in [-0.3, -0.25) is 9.59 Å². The fraction of sp³-hybridized carbons (Fsp3) is 0.400. The summed E-state index contributed by atoms with van der Waals surface area (Å²) < 4.78 is 1.45. The molecule has 2 aromatic rings. The number of thiophene rings is 1. The molecule has 0 unspecified atom stereocenters. The maximum Gasteiger partial charge on any atom is 0.267 e. The second-order valence-electron chi connectivity index (χ2n) is 5.19. The standard InChI is InChI=1S/C15H17N3O2S/c19-14(8-11-4-7-21-10-11)16-5-6-18-15(20)9-12-2-1-3-13(12)17-18/h4,7,9-10H,1-3,5-6,8H2,(H,16,19). The fourth-order valence-electron chi connectivity index (χ4n) is 2.54. The molecule has 1 aliphatic carbocycles. The summed E-state index contributed by atoms with van der Waals surface area (Å²) in [5, 5.41) is 11.1. The molecule has 2 heterocycles. The van der Waals surface area contributed by atoms with Crippen LogP contribution in [0, 0.1) is 0 Å². The van der Waals surface area contributed by atoms with Gasteiger partial charge in [-0.2, -0.15) is 16.4 Å². The summed E-state index contributed by atoms with van der Waals surface area (Å²) in [6, 6.07) is 3.62. The van der Waals surface area contributed by atoms with Gasteiger partial charge in [0.05, 0.1) is 18.7 Å². The van der Waals surface area contributed by atoms with Crippen molar-refractivity contribution in [2.75, 3.05) is 6.54 Å². The number of aryl methyl sites for hydroxylation is 2. The lowest BCUT2D eigenvalue weighted by Gasteiger charge is -2.08. The molecule has 0 saturated heterocycles. The fourth-order valence-corrected chi connectivity index (χ4v) is 3.21. The van der Waals surface area contributed by atoms with Crippen molar-refractivity contribution in [2.24, 2.45) is 0 Å². The van der Waals surface area contributed by atoms with Crippen molar-refractivity contribution in [1.29, 1.82) is 0 Å². The minimum absolute atomic E-state index is 0.0254. The molecule has 3 rings (SSSR count). The molecule has 110 valence electrons. The molecule has 1 aliphatic rings. The van der Waals surface area contributed by atoms with Gasteiger partial charge in [0.2, 0.25) is 5.91 Å². The smallest absolute Gasteiger partial charge is 0.267 e. The predicted molar refractivity (Wildman–Crippen MR) is 81.6 cm³/mol. The third kappa shape index (κ3) is 3.39. The summed E-state index contributed by atoms with van der Waals surface area (Å²) in [4.78, 5) is 23.7. The molecule has 0 radical (unpaired) electrons. The zero-order chi connectivity index (χ0) is 14.7. The highest BCUT2D eigenvalue weighted by molar-refractivity contribution is 7.07. The zero-order valence-electron chi connectivity index (χ0n) is 11.7.